The van der Waals surface area contributed by atoms with Gasteiger partial charge in [0.05, 0.1) is 12.5 Å². The molecule has 0 aliphatic carbocycles. The van der Waals surface area contributed by atoms with Crippen molar-refractivity contribution in [2.75, 3.05) is 13.1 Å². The van der Waals surface area contributed by atoms with Crippen molar-refractivity contribution < 1.29 is 9.59 Å². The van der Waals surface area contributed by atoms with Gasteiger partial charge >= 0.3 is 0 Å². The van der Waals surface area contributed by atoms with Gasteiger partial charge in [0.25, 0.3) is 5.91 Å². The predicted molar refractivity (Wildman–Crippen MR) is 47.6 cm³/mol. The number of hydrogen-bond acceptors (Lipinski definition) is 3. The van der Waals surface area contributed by atoms with Gasteiger partial charge in [-0.1, -0.05) is 13.8 Å². The fourth-order valence-electron chi connectivity index (χ4n) is 1.49. The maximum atomic E-state index is 11.3. The van der Waals surface area contributed by atoms with E-state index in [1.54, 1.807) is 0 Å². The maximum Gasteiger partial charge on any atom is 0.256 e. The summed E-state index contributed by atoms with van der Waals surface area (Å²) < 4.78 is 0. The first kappa shape index (κ1) is 9.98. The second kappa shape index (κ2) is 4.23. The number of nitrogens with zero attached hydrogens (tertiary/aromatic N) is 1. The van der Waals surface area contributed by atoms with Crippen molar-refractivity contribution in [1.29, 1.82) is 0 Å². The molecule has 5 nitrogen and oxygen atoms in total. The topological polar surface area (TPSA) is 61.4 Å². The summed E-state index contributed by atoms with van der Waals surface area (Å²) in [4.78, 5) is 24.3. The summed E-state index contributed by atoms with van der Waals surface area (Å²) in [6.07, 6.45) is 0.257. The number of hydrazine groups is 1. The Hall–Kier alpha value is -1.10. The second-order valence-electron chi connectivity index (χ2n) is 2.98. The van der Waals surface area contributed by atoms with Gasteiger partial charge in [-0.05, 0) is 13.1 Å². The zero-order valence-corrected chi connectivity index (χ0v) is 7.96. The van der Waals surface area contributed by atoms with E-state index < -0.39 is 0 Å². The Kier molecular flexibility index (Phi) is 3.25. The Morgan fingerprint density at radius 3 is 2.46 bits per heavy atom. The van der Waals surface area contributed by atoms with Gasteiger partial charge < -0.3 is 0 Å². The van der Waals surface area contributed by atoms with Gasteiger partial charge in [-0.25, -0.2) is 0 Å². The molecule has 1 rings (SSSR count). The highest BCUT2D eigenvalue weighted by Crippen LogP contribution is 2.06. The monoisotopic (exact) mass is 185 g/mol. The standard InChI is InChI=1S/C8H15N3O2/c1-3-11(4-2)6-5-7(12)9-10-8(6)13/h6H,3-5H2,1-2H3,(H,9,12)(H,10,13)/t6-/m1/s1. The van der Waals surface area contributed by atoms with E-state index in [4.69, 9.17) is 0 Å². The lowest BCUT2D eigenvalue weighted by molar-refractivity contribution is -0.139. The van der Waals surface area contributed by atoms with Crippen molar-refractivity contribution in [3.8, 4) is 0 Å². The van der Waals surface area contributed by atoms with Crippen molar-refractivity contribution in [2.24, 2.45) is 0 Å². The van der Waals surface area contributed by atoms with Crippen LogP contribution in [0.2, 0.25) is 0 Å². The lowest BCUT2D eigenvalue weighted by Crippen LogP contribution is -2.58. The number of carbonyl (C=O) groups is 2. The van der Waals surface area contributed by atoms with Crippen LogP contribution < -0.4 is 10.9 Å². The van der Waals surface area contributed by atoms with E-state index >= 15 is 0 Å². The van der Waals surface area contributed by atoms with Gasteiger partial charge in [0.1, 0.15) is 0 Å². The molecule has 0 spiro atoms. The molecule has 0 bridgehead atoms. The maximum absolute atomic E-state index is 11.3. The minimum Gasteiger partial charge on any atom is -0.292 e. The van der Waals surface area contributed by atoms with Crippen molar-refractivity contribution in [1.82, 2.24) is 15.8 Å². The molecule has 0 radical (unpaired) electrons. The molecule has 1 aliphatic heterocycles. The van der Waals surface area contributed by atoms with Gasteiger partial charge in [-0.2, -0.15) is 0 Å². The third-order valence-corrected chi connectivity index (χ3v) is 2.26. The normalized spacial score (nSPS) is 22.8. The fourth-order valence-corrected chi connectivity index (χ4v) is 1.49. The van der Waals surface area contributed by atoms with E-state index in [1.807, 2.05) is 18.7 Å². The highest BCUT2D eigenvalue weighted by Gasteiger charge is 2.30. The molecule has 1 fully saturated rings. The van der Waals surface area contributed by atoms with Crippen LogP contribution in [0.25, 0.3) is 0 Å². The summed E-state index contributed by atoms with van der Waals surface area (Å²) in [6.45, 7) is 5.51. The molecule has 0 aromatic carbocycles. The Morgan fingerprint density at radius 1 is 1.31 bits per heavy atom. The van der Waals surface area contributed by atoms with Crippen LogP contribution >= 0.6 is 0 Å². The van der Waals surface area contributed by atoms with Crippen molar-refractivity contribution in [2.45, 2.75) is 26.3 Å². The van der Waals surface area contributed by atoms with E-state index in [0.717, 1.165) is 13.1 Å². The smallest absolute Gasteiger partial charge is 0.256 e. The zero-order chi connectivity index (χ0) is 9.84. The summed E-state index contributed by atoms with van der Waals surface area (Å²) in [5.41, 5.74) is 4.65. The van der Waals surface area contributed by atoms with Crippen LogP contribution in [0.5, 0.6) is 0 Å². The first-order chi connectivity index (χ1) is 6.19. The molecular weight excluding hydrogens is 170 g/mol. The molecule has 0 unspecified atom stereocenters. The molecule has 1 aliphatic rings. The highest BCUT2D eigenvalue weighted by molar-refractivity contribution is 5.93. The first-order valence-electron chi connectivity index (χ1n) is 4.51. The van der Waals surface area contributed by atoms with Gasteiger partial charge in [0, 0.05) is 0 Å². The molecule has 1 heterocycles. The average molecular weight is 185 g/mol. The minimum atomic E-state index is -0.302. The molecule has 0 aromatic rings. The highest BCUT2D eigenvalue weighted by atomic mass is 16.2. The van der Waals surface area contributed by atoms with E-state index in [2.05, 4.69) is 10.9 Å². The molecule has 2 N–H and O–H groups in total. The average Bonchev–Trinajstić information content (AvgIpc) is 2.13. The Balaban J connectivity index is 2.63. The summed E-state index contributed by atoms with van der Waals surface area (Å²) >= 11 is 0. The van der Waals surface area contributed by atoms with Crippen LogP contribution in [0.3, 0.4) is 0 Å². The van der Waals surface area contributed by atoms with Crippen LogP contribution in [0.4, 0.5) is 0 Å². The van der Waals surface area contributed by atoms with E-state index in [1.165, 1.54) is 0 Å². The lowest BCUT2D eigenvalue weighted by atomic mass is 10.1. The molecular formula is C8H15N3O2. The molecule has 0 saturated carbocycles. The number of nitrogens with one attached hydrogen (secondary N) is 2. The van der Waals surface area contributed by atoms with E-state index in [-0.39, 0.29) is 24.3 Å². The Labute approximate surface area is 77.4 Å². The molecule has 1 saturated heterocycles. The van der Waals surface area contributed by atoms with Crippen LogP contribution in [0.1, 0.15) is 20.3 Å². The largest absolute Gasteiger partial charge is 0.292 e. The number of carbonyl (C=O) groups excluding carboxylic acids is 2. The van der Waals surface area contributed by atoms with Crippen molar-refractivity contribution in [3.63, 3.8) is 0 Å². The Morgan fingerprint density at radius 2 is 1.92 bits per heavy atom. The Bertz CT molecular complexity index is 213. The first-order valence-corrected chi connectivity index (χ1v) is 4.51. The van der Waals surface area contributed by atoms with Gasteiger partial charge in [-0.15, -0.1) is 0 Å². The van der Waals surface area contributed by atoms with Crippen molar-refractivity contribution in [3.05, 3.63) is 0 Å². The van der Waals surface area contributed by atoms with Crippen LogP contribution in [-0.2, 0) is 9.59 Å². The predicted octanol–water partition coefficient (Wildman–Crippen LogP) is -0.752. The molecule has 5 heteroatoms. The molecule has 2 amide bonds. The molecule has 1 atom stereocenters. The molecule has 0 aromatic heterocycles. The fraction of sp³-hybridized carbons (Fsp3) is 0.750. The number of amides is 2. The summed E-state index contributed by atoms with van der Waals surface area (Å²) in [5, 5.41) is 0. The molecule has 74 valence electrons. The van der Waals surface area contributed by atoms with Crippen LogP contribution in [0.15, 0.2) is 0 Å². The third kappa shape index (κ3) is 2.18. The quantitative estimate of drug-likeness (QED) is 0.608. The van der Waals surface area contributed by atoms with Gasteiger partial charge in [-0.3, -0.25) is 25.3 Å². The lowest BCUT2D eigenvalue weighted by Gasteiger charge is -2.31. The zero-order valence-electron chi connectivity index (χ0n) is 7.96. The summed E-state index contributed by atoms with van der Waals surface area (Å²) in [6, 6.07) is -0.302. The number of likely N-dealkylation sites (N-methyl/N-ethyl adjacent to an activating group) is 1. The molecule has 13 heavy (non-hydrogen) atoms. The van der Waals surface area contributed by atoms with Gasteiger partial charge in [0.2, 0.25) is 5.91 Å². The number of rotatable bonds is 3. The second-order valence-corrected chi connectivity index (χ2v) is 2.98. The number of hydrogen-bond donors (Lipinski definition) is 2. The van der Waals surface area contributed by atoms with Crippen molar-refractivity contribution >= 4 is 11.8 Å². The van der Waals surface area contributed by atoms with E-state index in [0.29, 0.717) is 0 Å². The summed E-state index contributed by atoms with van der Waals surface area (Å²) in [7, 11) is 0. The minimum absolute atomic E-state index is 0.122. The van der Waals surface area contributed by atoms with Crippen LogP contribution in [-0.4, -0.2) is 35.8 Å². The van der Waals surface area contributed by atoms with Crippen LogP contribution in [0, 0.1) is 0 Å². The SMILES string of the molecule is CCN(CC)[C@@H]1CC(=O)NNC1=O. The van der Waals surface area contributed by atoms with Gasteiger partial charge in [0.15, 0.2) is 0 Å². The summed E-state index contributed by atoms with van der Waals surface area (Å²) in [5.74, 6) is -0.250. The van der Waals surface area contributed by atoms with E-state index in [9.17, 15) is 9.59 Å². The third-order valence-electron chi connectivity index (χ3n) is 2.26.